The standard InChI is InChI=1S/C24H30O/c1-3-17-25-18-20-7-11-22(12-8-20)24-15-13-23(14-16-24)21-9-5-19(4-2)6-10-21/h4-12,23-24H,2-3,13-18H2,1H3/t23-,24-. The van der Waals surface area contributed by atoms with Gasteiger partial charge in [0.15, 0.2) is 0 Å². The summed E-state index contributed by atoms with van der Waals surface area (Å²) in [7, 11) is 0. The predicted molar refractivity (Wildman–Crippen MR) is 107 cm³/mol. The molecule has 0 aromatic heterocycles. The minimum absolute atomic E-state index is 0.717. The lowest BCUT2D eigenvalue weighted by atomic mass is 9.76. The highest BCUT2D eigenvalue weighted by atomic mass is 16.5. The Hall–Kier alpha value is -1.86. The van der Waals surface area contributed by atoms with E-state index in [1.54, 1.807) is 0 Å². The van der Waals surface area contributed by atoms with E-state index in [0.29, 0.717) is 5.92 Å². The van der Waals surface area contributed by atoms with E-state index in [9.17, 15) is 0 Å². The third-order valence-electron chi connectivity index (χ3n) is 5.44. The van der Waals surface area contributed by atoms with E-state index < -0.39 is 0 Å². The first-order valence-corrected chi connectivity index (χ1v) is 9.69. The van der Waals surface area contributed by atoms with E-state index in [1.165, 1.54) is 47.9 Å². The second kappa shape index (κ2) is 9.01. The Labute approximate surface area is 152 Å². The van der Waals surface area contributed by atoms with Gasteiger partial charge >= 0.3 is 0 Å². The molecule has 0 spiro atoms. The number of benzene rings is 2. The van der Waals surface area contributed by atoms with Crippen molar-refractivity contribution in [3.8, 4) is 0 Å². The van der Waals surface area contributed by atoms with Gasteiger partial charge < -0.3 is 4.74 Å². The number of ether oxygens (including phenoxy) is 1. The quantitative estimate of drug-likeness (QED) is 0.512. The fourth-order valence-electron chi connectivity index (χ4n) is 3.88. The lowest BCUT2D eigenvalue weighted by Crippen LogP contribution is -2.12. The van der Waals surface area contributed by atoms with Gasteiger partial charge in [0.25, 0.3) is 0 Å². The van der Waals surface area contributed by atoms with E-state index >= 15 is 0 Å². The minimum Gasteiger partial charge on any atom is -0.377 e. The van der Waals surface area contributed by atoms with Gasteiger partial charge in [-0.15, -0.1) is 0 Å². The third-order valence-corrected chi connectivity index (χ3v) is 5.44. The van der Waals surface area contributed by atoms with Crippen molar-refractivity contribution >= 4 is 6.08 Å². The summed E-state index contributed by atoms with van der Waals surface area (Å²) in [6, 6.07) is 18.1. The zero-order chi connectivity index (χ0) is 17.5. The van der Waals surface area contributed by atoms with Crippen LogP contribution in [-0.4, -0.2) is 6.61 Å². The molecule has 2 aromatic rings. The normalized spacial score (nSPS) is 20.4. The van der Waals surface area contributed by atoms with Crippen LogP contribution in [0.15, 0.2) is 55.1 Å². The van der Waals surface area contributed by atoms with Crippen LogP contribution >= 0.6 is 0 Å². The van der Waals surface area contributed by atoms with Gasteiger partial charge in [-0.25, -0.2) is 0 Å². The monoisotopic (exact) mass is 334 g/mol. The highest BCUT2D eigenvalue weighted by Gasteiger charge is 2.23. The third kappa shape index (κ3) is 4.83. The molecular formula is C24H30O. The summed E-state index contributed by atoms with van der Waals surface area (Å²) in [5, 5.41) is 0. The van der Waals surface area contributed by atoms with Gasteiger partial charge in [0.2, 0.25) is 0 Å². The molecule has 2 aromatic carbocycles. The molecule has 0 heterocycles. The molecular weight excluding hydrogens is 304 g/mol. The van der Waals surface area contributed by atoms with Gasteiger partial charge in [-0.05, 0) is 66.2 Å². The molecule has 0 radical (unpaired) electrons. The van der Waals surface area contributed by atoms with Gasteiger partial charge in [-0.3, -0.25) is 0 Å². The summed E-state index contributed by atoms with van der Waals surface area (Å²) < 4.78 is 5.63. The predicted octanol–water partition coefficient (Wildman–Crippen LogP) is 6.70. The molecule has 1 saturated carbocycles. The number of rotatable bonds is 7. The zero-order valence-electron chi connectivity index (χ0n) is 15.4. The smallest absolute Gasteiger partial charge is 0.0716 e. The van der Waals surface area contributed by atoms with Crippen LogP contribution < -0.4 is 0 Å². The van der Waals surface area contributed by atoms with Crippen molar-refractivity contribution in [1.82, 2.24) is 0 Å². The van der Waals surface area contributed by atoms with E-state index in [-0.39, 0.29) is 0 Å². The van der Waals surface area contributed by atoms with Crippen molar-refractivity contribution in [3.63, 3.8) is 0 Å². The highest BCUT2D eigenvalue weighted by molar-refractivity contribution is 5.47. The second-order valence-corrected chi connectivity index (χ2v) is 7.21. The average molecular weight is 335 g/mol. The fourth-order valence-corrected chi connectivity index (χ4v) is 3.88. The molecule has 1 fully saturated rings. The van der Waals surface area contributed by atoms with E-state index in [4.69, 9.17) is 4.74 Å². The molecule has 132 valence electrons. The zero-order valence-corrected chi connectivity index (χ0v) is 15.4. The first-order chi connectivity index (χ1) is 12.3. The maximum atomic E-state index is 5.63. The Morgan fingerprint density at radius 3 is 1.88 bits per heavy atom. The van der Waals surface area contributed by atoms with Crippen LogP contribution in [0.2, 0.25) is 0 Å². The Bertz CT molecular complexity index is 645. The summed E-state index contributed by atoms with van der Waals surface area (Å²) in [5.74, 6) is 1.44. The van der Waals surface area contributed by atoms with Crippen LogP contribution in [0.1, 0.15) is 73.1 Å². The molecule has 0 unspecified atom stereocenters. The molecule has 1 nitrogen and oxygen atoms in total. The van der Waals surface area contributed by atoms with Crippen LogP contribution in [0.5, 0.6) is 0 Å². The van der Waals surface area contributed by atoms with Crippen molar-refractivity contribution in [2.24, 2.45) is 0 Å². The largest absolute Gasteiger partial charge is 0.377 e. The van der Waals surface area contributed by atoms with Gasteiger partial charge in [0, 0.05) is 6.61 Å². The van der Waals surface area contributed by atoms with Crippen molar-refractivity contribution in [2.45, 2.75) is 57.5 Å². The van der Waals surface area contributed by atoms with Gasteiger partial charge in [0.1, 0.15) is 0 Å². The van der Waals surface area contributed by atoms with Crippen LogP contribution in [0, 0.1) is 0 Å². The molecule has 0 amide bonds. The molecule has 1 aliphatic rings. The summed E-state index contributed by atoms with van der Waals surface area (Å²) in [5.41, 5.74) is 5.49. The Balaban J connectivity index is 1.53. The van der Waals surface area contributed by atoms with Crippen LogP contribution in [0.25, 0.3) is 6.08 Å². The SMILES string of the molecule is C=Cc1ccc([C@H]2CC[C@H](c3ccc(COCCC)cc3)CC2)cc1. The van der Waals surface area contributed by atoms with Gasteiger partial charge in [0.05, 0.1) is 6.61 Å². The molecule has 1 heteroatoms. The molecule has 0 bridgehead atoms. The molecule has 25 heavy (non-hydrogen) atoms. The van der Waals surface area contributed by atoms with Crippen molar-refractivity contribution in [1.29, 1.82) is 0 Å². The molecule has 1 aliphatic carbocycles. The summed E-state index contributed by atoms with van der Waals surface area (Å²) >= 11 is 0. The van der Waals surface area contributed by atoms with Crippen molar-refractivity contribution in [2.75, 3.05) is 6.61 Å². The Kier molecular flexibility index (Phi) is 6.47. The average Bonchev–Trinajstić information content (AvgIpc) is 2.69. The number of hydrogen-bond acceptors (Lipinski definition) is 1. The molecule has 0 atom stereocenters. The van der Waals surface area contributed by atoms with Crippen LogP contribution in [0.3, 0.4) is 0 Å². The van der Waals surface area contributed by atoms with Gasteiger partial charge in [-0.2, -0.15) is 0 Å². The summed E-state index contributed by atoms with van der Waals surface area (Å²) in [6.07, 6.45) is 8.16. The highest BCUT2D eigenvalue weighted by Crippen LogP contribution is 2.40. The Morgan fingerprint density at radius 2 is 1.40 bits per heavy atom. The number of hydrogen-bond donors (Lipinski definition) is 0. The lowest BCUT2D eigenvalue weighted by Gasteiger charge is -2.29. The summed E-state index contributed by atoms with van der Waals surface area (Å²) in [4.78, 5) is 0. The molecule has 0 aliphatic heterocycles. The lowest BCUT2D eigenvalue weighted by molar-refractivity contribution is 0.121. The molecule has 0 N–H and O–H groups in total. The summed E-state index contributed by atoms with van der Waals surface area (Å²) in [6.45, 7) is 7.57. The second-order valence-electron chi connectivity index (χ2n) is 7.21. The van der Waals surface area contributed by atoms with Crippen molar-refractivity contribution in [3.05, 3.63) is 77.4 Å². The Morgan fingerprint density at radius 1 is 0.880 bits per heavy atom. The molecule has 3 rings (SSSR count). The minimum atomic E-state index is 0.717. The van der Waals surface area contributed by atoms with Gasteiger partial charge in [-0.1, -0.05) is 68.1 Å². The van der Waals surface area contributed by atoms with Crippen LogP contribution in [0.4, 0.5) is 0 Å². The van der Waals surface area contributed by atoms with E-state index in [2.05, 4.69) is 62.0 Å². The van der Waals surface area contributed by atoms with E-state index in [1.807, 2.05) is 6.08 Å². The molecule has 0 saturated heterocycles. The topological polar surface area (TPSA) is 9.23 Å². The maximum Gasteiger partial charge on any atom is 0.0716 e. The van der Waals surface area contributed by atoms with E-state index in [0.717, 1.165) is 25.6 Å². The first kappa shape index (κ1) is 17.9. The maximum absolute atomic E-state index is 5.63. The first-order valence-electron chi connectivity index (χ1n) is 9.69. The van der Waals surface area contributed by atoms with Crippen molar-refractivity contribution < 1.29 is 4.74 Å². The fraction of sp³-hybridized carbons (Fsp3) is 0.417. The van der Waals surface area contributed by atoms with Crippen LogP contribution in [-0.2, 0) is 11.3 Å².